The molecule has 1 aromatic heterocycles. The van der Waals surface area contributed by atoms with Crippen molar-refractivity contribution in [3.05, 3.63) is 42.1 Å². The average molecular weight is 308 g/mol. The lowest BCUT2D eigenvalue weighted by Gasteiger charge is -2.06. The number of rotatable bonds is 3. The minimum atomic E-state index is -0.310. The van der Waals surface area contributed by atoms with Crippen molar-refractivity contribution in [1.29, 1.82) is 0 Å². The van der Waals surface area contributed by atoms with E-state index in [2.05, 4.69) is 15.9 Å². The van der Waals surface area contributed by atoms with E-state index < -0.39 is 0 Å². The largest absolute Gasteiger partial charge is 0.465 e. The molecule has 2 rings (SSSR count). The van der Waals surface area contributed by atoms with Gasteiger partial charge in [0, 0.05) is 22.6 Å². The Morgan fingerprint density at radius 1 is 1.44 bits per heavy atom. The molecular formula is C14H14BrNO2. The monoisotopic (exact) mass is 307 g/mol. The molecular weight excluding hydrogens is 294 g/mol. The summed E-state index contributed by atoms with van der Waals surface area (Å²) in [6, 6.07) is 7.80. The highest BCUT2D eigenvalue weighted by molar-refractivity contribution is 9.09. The van der Waals surface area contributed by atoms with Crippen LogP contribution in [0.3, 0.4) is 0 Å². The second-order valence-electron chi connectivity index (χ2n) is 3.84. The Hall–Kier alpha value is -1.55. The molecule has 1 heterocycles. The molecule has 94 valence electrons. The topological polar surface area (TPSA) is 31.2 Å². The van der Waals surface area contributed by atoms with E-state index in [-0.39, 0.29) is 5.97 Å². The van der Waals surface area contributed by atoms with Crippen LogP contribution in [-0.4, -0.2) is 23.0 Å². The van der Waals surface area contributed by atoms with Gasteiger partial charge < -0.3 is 9.30 Å². The lowest BCUT2D eigenvalue weighted by Crippen LogP contribution is -2.00. The number of hydrogen-bond donors (Lipinski definition) is 0. The van der Waals surface area contributed by atoms with E-state index in [9.17, 15) is 4.79 Å². The van der Waals surface area contributed by atoms with Crippen molar-refractivity contribution >= 4 is 38.5 Å². The first-order valence-electron chi connectivity index (χ1n) is 5.62. The van der Waals surface area contributed by atoms with Crippen LogP contribution in [0.2, 0.25) is 0 Å². The lowest BCUT2D eigenvalue weighted by atomic mass is 10.2. The Kier molecular flexibility index (Phi) is 3.87. The van der Waals surface area contributed by atoms with Crippen LogP contribution in [0.5, 0.6) is 0 Å². The number of esters is 1. The average Bonchev–Trinajstić information content (AvgIpc) is 2.79. The summed E-state index contributed by atoms with van der Waals surface area (Å²) in [5.74, 6) is -0.310. The van der Waals surface area contributed by atoms with Crippen molar-refractivity contribution in [2.75, 3.05) is 12.4 Å². The van der Waals surface area contributed by atoms with E-state index in [0.717, 1.165) is 21.9 Å². The third-order valence-corrected chi connectivity index (χ3v) is 3.47. The standard InChI is InChI=1S/C14H14BrNO2/c1-3-10(8-15)16-9-12(14(17)18-2)11-6-4-5-7-13(11)16/h3-7,9H,8H2,1-2H3/b10-3+. The number of carbonyl (C=O) groups excluding carboxylic acids is 1. The molecule has 0 aliphatic carbocycles. The SMILES string of the molecule is C/C=C(\CBr)n1cc(C(=O)OC)c2ccccc21. The van der Waals surface area contributed by atoms with Gasteiger partial charge in [-0.2, -0.15) is 0 Å². The minimum Gasteiger partial charge on any atom is -0.465 e. The Labute approximate surface area is 114 Å². The molecule has 0 aliphatic rings. The number of benzene rings is 1. The van der Waals surface area contributed by atoms with Gasteiger partial charge in [0.2, 0.25) is 0 Å². The number of aromatic nitrogens is 1. The van der Waals surface area contributed by atoms with Gasteiger partial charge in [-0.05, 0) is 13.0 Å². The maximum Gasteiger partial charge on any atom is 0.340 e. The van der Waals surface area contributed by atoms with Crippen LogP contribution in [-0.2, 0) is 4.74 Å². The third kappa shape index (κ3) is 2.08. The van der Waals surface area contributed by atoms with Crippen molar-refractivity contribution < 1.29 is 9.53 Å². The zero-order valence-electron chi connectivity index (χ0n) is 10.3. The van der Waals surface area contributed by atoms with E-state index in [1.165, 1.54) is 7.11 Å². The van der Waals surface area contributed by atoms with Crippen molar-refractivity contribution in [3.63, 3.8) is 0 Å². The summed E-state index contributed by atoms with van der Waals surface area (Å²) in [4.78, 5) is 11.8. The zero-order chi connectivity index (χ0) is 13.1. The highest BCUT2D eigenvalue weighted by atomic mass is 79.9. The Morgan fingerprint density at radius 3 is 2.78 bits per heavy atom. The van der Waals surface area contributed by atoms with Crippen LogP contribution < -0.4 is 0 Å². The van der Waals surface area contributed by atoms with Crippen LogP contribution >= 0.6 is 15.9 Å². The Balaban J connectivity index is 2.72. The van der Waals surface area contributed by atoms with Crippen molar-refractivity contribution in [3.8, 4) is 0 Å². The van der Waals surface area contributed by atoms with Gasteiger partial charge in [-0.25, -0.2) is 4.79 Å². The summed E-state index contributed by atoms with van der Waals surface area (Å²) in [7, 11) is 1.40. The smallest absolute Gasteiger partial charge is 0.340 e. The molecule has 0 N–H and O–H groups in total. The van der Waals surface area contributed by atoms with Crippen molar-refractivity contribution in [2.24, 2.45) is 0 Å². The molecule has 0 fully saturated rings. The molecule has 4 heteroatoms. The predicted octanol–water partition coefficient (Wildman–Crippen LogP) is 3.68. The van der Waals surface area contributed by atoms with Gasteiger partial charge >= 0.3 is 5.97 Å². The van der Waals surface area contributed by atoms with Crippen LogP contribution in [0.1, 0.15) is 17.3 Å². The van der Waals surface area contributed by atoms with Gasteiger partial charge in [0.25, 0.3) is 0 Å². The fraction of sp³-hybridized carbons (Fsp3) is 0.214. The second kappa shape index (κ2) is 5.40. The van der Waals surface area contributed by atoms with Gasteiger partial charge in [-0.15, -0.1) is 0 Å². The molecule has 0 bridgehead atoms. The number of ether oxygens (including phenoxy) is 1. The number of carbonyl (C=O) groups is 1. The molecule has 0 radical (unpaired) electrons. The normalized spacial score (nSPS) is 11.8. The first-order valence-corrected chi connectivity index (χ1v) is 6.75. The van der Waals surface area contributed by atoms with Gasteiger partial charge in [-0.3, -0.25) is 0 Å². The highest BCUT2D eigenvalue weighted by Crippen LogP contribution is 2.25. The number of para-hydroxylation sites is 1. The Bertz CT molecular complexity index is 613. The minimum absolute atomic E-state index is 0.310. The molecule has 0 spiro atoms. The summed E-state index contributed by atoms with van der Waals surface area (Å²) in [6.07, 6.45) is 3.84. The molecule has 0 aliphatic heterocycles. The Morgan fingerprint density at radius 2 is 2.17 bits per heavy atom. The number of alkyl halides is 1. The first kappa shape index (κ1) is 12.9. The maximum absolute atomic E-state index is 11.8. The summed E-state index contributed by atoms with van der Waals surface area (Å²) in [6.45, 7) is 1.98. The maximum atomic E-state index is 11.8. The third-order valence-electron chi connectivity index (χ3n) is 2.90. The number of methoxy groups -OCH3 is 1. The highest BCUT2D eigenvalue weighted by Gasteiger charge is 2.16. The van der Waals surface area contributed by atoms with Crippen LogP contribution in [0.25, 0.3) is 16.6 Å². The molecule has 18 heavy (non-hydrogen) atoms. The molecule has 0 amide bonds. The lowest BCUT2D eigenvalue weighted by molar-refractivity contribution is 0.0603. The van der Waals surface area contributed by atoms with E-state index >= 15 is 0 Å². The summed E-state index contributed by atoms with van der Waals surface area (Å²) in [5.41, 5.74) is 2.68. The van der Waals surface area contributed by atoms with E-state index in [1.807, 2.05) is 48.0 Å². The summed E-state index contributed by atoms with van der Waals surface area (Å²) < 4.78 is 6.83. The molecule has 3 nitrogen and oxygen atoms in total. The van der Waals surface area contributed by atoms with E-state index in [0.29, 0.717) is 5.56 Å². The molecule has 1 aromatic carbocycles. The zero-order valence-corrected chi connectivity index (χ0v) is 11.9. The predicted molar refractivity (Wildman–Crippen MR) is 77.0 cm³/mol. The molecule has 2 aromatic rings. The second-order valence-corrected chi connectivity index (χ2v) is 4.40. The van der Waals surface area contributed by atoms with Crippen LogP contribution in [0, 0.1) is 0 Å². The van der Waals surface area contributed by atoms with Crippen LogP contribution in [0.15, 0.2) is 36.5 Å². The molecule has 0 unspecified atom stereocenters. The van der Waals surface area contributed by atoms with Crippen molar-refractivity contribution in [2.45, 2.75) is 6.92 Å². The number of nitrogens with zero attached hydrogens (tertiary/aromatic N) is 1. The molecule has 0 saturated carbocycles. The van der Waals surface area contributed by atoms with Crippen molar-refractivity contribution in [1.82, 2.24) is 4.57 Å². The first-order chi connectivity index (χ1) is 8.72. The van der Waals surface area contributed by atoms with Gasteiger partial charge in [0.15, 0.2) is 0 Å². The molecule has 0 atom stereocenters. The fourth-order valence-electron chi connectivity index (χ4n) is 1.97. The van der Waals surface area contributed by atoms with Gasteiger partial charge in [-0.1, -0.05) is 40.2 Å². The quantitative estimate of drug-likeness (QED) is 0.640. The van der Waals surface area contributed by atoms with E-state index in [1.54, 1.807) is 0 Å². The number of fused-ring (bicyclic) bond motifs is 1. The summed E-state index contributed by atoms with van der Waals surface area (Å²) in [5, 5.41) is 1.63. The molecule has 0 saturated heterocycles. The number of halogens is 1. The fourth-order valence-corrected chi connectivity index (χ4v) is 2.56. The van der Waals surface area contributed by atoms with Gasteiger partial charge in [0.1, 0.15) is 0 Å². The van der Waals surface area contributed by atoms with Crippen LogP contribution in [0.4, 0.5) is 0 Å². The summed E-state index contributed by atoms with van der Waals surface area (Å²) >= 11 is 3.46. The van der Waals surface area contributed by atoms with E-state index in [4.69, 9.17) is 4.74 Å². The van der Waals surface area contributed by atoms with Gasteiger partial charge in [0.05, 0.1) is 18.2 Å². The number of allylic oxidation sites excluding steroid dienone is 2. The number of hydrogen-bond acceptors (Lipinski definition) is 2.